The first-order valence-corrected chi connectivity index (χ1v) is 8.84. The highest BCUT2D eigenvalue weighted by Crippen LogP contribution is 2.32. The number of halogens is 1. The first-order valence-electron chi connectivity index (χ1n) is 8.04. The zero-order chi connectivity index (χ0) is 14.7. The van der Waals surface area contributed by atoms with Gasteiger partial charge in [0, 0.05) is 25.2 Å². The lowest BCUT2D eigenvalue weighted by Crippen LogP contribution is -2.41. The van der Waals surface area contributed by atoms with Crippen molar-refractivity contribution in [2.24, 2.45) is 0 Å². The summed E-state index contributed by atoms with van der Waals surface area (Å²) < 4.78 is 0.952. The summed E-state index contributed by atoms with van der Waals surface area (Å²) in [5.74, 6) is 1.80. The summed E-state index contributed by atoms with van der Waals surface area (Å²) in [6.45, 7) is 5.55. The number of nitrogens with one attached hydrogen (secondary N) is 2. The minimum Gasteiger partial charge on any atom is -0.369 e. The van der Waals surface area contributed by atoms with Crippen molar-refractivity contribution in [2.45, 2.75) is 51.1 Å². The van der Waals surface area contributed by atoms with Crippen molar-refractivity contribution in [1.82, 2.24) is 14.9 Å². The molecule has 116 valence electrons. The number of hydrogen-bond acceptors (Lipinski definition) is 5. The molecule has 2 fully saturated rings. The number of piperidine rings is 1. The van der Waals surface area contributed by atoms with E-state index in [0.717, 1.165) is 29.1 Å². The molecule has 0 aromatic carbocycles. The summed E-state index contributed by atoms with van der Waals surface area (Å²) in [5, 5.41) is 6.98. The fraction of sp³-hybridized carbons (Fsp3) is 0.733. The summed E-state index contributed by atoms with van der Waals surface area (Å²) >= 11 is 3.64. The molecular weight excluding hydrogens is 330 g/mol. The number of fused-ring (bicyclic) bond motifs is 1. The minimum atomic E-state index is 0.510. The smallest absolute Gasteiger partial charge is 0.146 e. The van der Waals surface area contributed by atoms with Crippen LogP contribution in [0.5, 0.6) is 0 Å². The molecule has 0 spiro atoms. The van der Waals surface area contributed by atoms with Crippen molar-refractivity contribution in [1.29, 1.82) is 0 Å². The van der Waals surface area contributed by atoms with Crippen LogP contribution in [0.15, 0.2) is 10.8 Å². The van der Waals surface area contributed by atoms with E-state index in [-0.39, 0.29) is 0 Å². The molecule has 0 radical (unpaired) electrons. The second-order valence-electron chi connectivity index (χ2n) is 5.95. The first kappa shape index (κ1) is 15.0. The Kier molecular flexibility index (Phi) is 4.95. The van der Waals surface area contributed by atoms with Crippen LogP contribution in [0.4, 0.5) is 11.6 Å². The second-order valence-corrected chi connectivity index (χ2v) is 6.74. The summed E-state index contributed by atoms with van der Waals surface area (Å²) in [4.78, 5) is 11.4. The Hall–Kier alpha value is -0.880. The molecule has 2 N–H and O–H groups in total. The van der Waals surface area contributed by atoms with E-state index in [9.17, 15) is 0 Å². The van der Waals surface area contributed by atoms with Gasteiger partial charge in [0.25, 0.3) is 0 Å². The molecule has 0 saturated carbocycles. The first-order chi connectivity index (χ1) is 10.3. The van der Waals surface area contributed by atoms with Crippen LogP contribution in [-0.4, -0.2) is 46.6 Å². The van der Waals surface area contributed by atoms with E-state index in [1.807, 2.05) is 0 Å². The molecule has 2 unspecified atom stereocenters. The Morgan fingerprint density at radius 2 is 2.10 bits per heavy atom. The van der Waals surface area contributed by atoms with Gasteiger partial charge in [0.05, 0.1) is 0 Å². The fourth-order valence-corrected chi connectivity index (χ4v) is 3.89. The van der Waals surface area contributed by atoms with Gasteiger partial charge in [0.1, 0.15) is 22.4 Å². The van der Waals surface area contributed by atoms with E-state index in [2.05, 4.69) is 48.4 Å². The van der Waals surface area contributed by atoms with Crippen molar-refractivity contribution in [2.75, 3.05) is 30.3 Å². The molecular formula is C15H24BrN5. The van der Waals surface area contributed by atoms with Gasteiger partial charge >= 0.3 is 0 Å². The van der Waals surface area contributed by atoms with Gasteiger partial charge in [0.2, 0.25) is 0 Å². The molecule has 21 heavy (non-hydrogen) atoms. The third-order valence-corrected chi connectivity index (χ3v) is 5.26. The highest BCUT2D eigenvalue weighted by molar-refractivity contribution is 9.10. The quantitative estimate of drug-likeness (QED) is 0.851. The number of hydrogen-bond donors (Lipinski definition) is 2. The van der Waals surface area contributed by atoms with Crippen LogP contribution in [0.1, 0.15) is 39.0 Å². The van der Waals surface area contributed by atoms with E-state index in [4.69, 9.17) is 0 Å². The molecule has 2 aliphatic rings. The van der Waals surface area contributed by atoms with Crippen LogP contribution in [0.25, 0.3) is 0 Å². The lowest BCUT2D eigenvalue weighted by molar-refractivity contribution is 0.192. The lowest BCUT2D eigenvalue weighted by atomic mass is 9.99. The average Bonchev–Trinajstić information content (AvgIpc) is 2.91. The topological polar surface area (TPSA) is 53.1 Å². The largest absolute Gasteiger partial charge is 0.369 e. The van der Waals surface area contributed by atoms with Crippen LogP contribution in [0.3, 0.4) is 0 Å². The van der Waals surface area contributed by atoms with Crippen molar-refractivity contribution >= 4 is 27.6 Å². The number of rotatable bonds is 5. The van der Waals surface area contributed by atoms with E-state index < -0.39 is 0 Å². The number of aromatic nitrogens is 2. The normalized spacial score (nSPS) is 25.6. The Balaban J connectivity index is 1.70. The predicted octanol–water partition coefficient (Wildman–Crippen LogP) is 3.10. The van der Waals surface area contributed by atoms with Crippen molar-refractivity contribution in [3.63, 3.8) is 0 Å². The third-order valence-electron chi connectivity index (χ3n) is 4.51. The van der Waals surface area contributed by atoms with Gasteiger partial charge in [0.15, 0.2) is 0 Å². The molecule has 1 aromatic rings. The van der Waals surface area contributed by atoms with Crippen LogP contribution in [0.2, 0.25) is 0 Å². The van der Waals surface area contributed by atoms with Crippen LogP contribution < -0.4 is 10.6 Å². The molecule has 0 amide bonds. The molecule has 1 aromatic heterocycles. The van der Waals surface area contributed by atoms with Crippen molar-refractivity contribution < 1.29 is 0 Å². The molecule has 6 heteroatoms. The summed E-state index contributed by atoms with van der Waals surface area (Å²) in [6, 6.07) is 1.18. The monoisotopic (exact) mass is 353 g/mol. The zero-order valence-corrected chi connectivity index (χ0v) is 14.2. The second kappa shape index (κ2) is 6.92. The average molecular weight is 354 g/mol. The molecule has 2 aliphatic heterocycles. The number of nitrogens with zero attached hydrogens (tertiary/aromatic N) is 3. The molecule has 2 saturated heterocycles. The Bertz CT molecular complexity index is 481. The highest BCUT2D eigenvalue weighted by Gasteiger charge is 2.35. The van der Waals surface area contributed by atoms with Gasteiger partial charge in [-0.2, -0.15) is 0 Å². The summed E-state index contributed by atoms with van der Waals surface area (Å²) in [5.41, 5.74) is 0. The maximum Gasteiger partial charge on any atom is 0.146 e. The van der Waals surface area contributed by atoms with Crippen molar-refractivity contribution in [3.8, 4) is 0 Å². The number of anilines is 2. The van der Waals surface area contributed by atoms with Gasteiger partial charge in [-0.1, -0.05) is 13.3 Å². The Labute approximate surface area is 135 Å². The third kappa shape index (κ3) is 3.31. The van der Waals surface area contributed by atoms with E-state index in [1.165, 1.54) is 38.8 Å². The maximum absolute atomic E-state index is 4.42. The Morgan fingerprint density at radius 3 is 2.95 bits per heavy atom. The summed E-state index contributed by atoms with van der Waals surface area (Å²) in [6.07, 6.45) is 7.94. The van der Waals surface area contributed by atoms with Crippen LogP contribution in [0, 0.1) is 0 Å². The highest BCUT2D eigenvalue weighted by atomic mass is 79.9. The fourth-order valence-electron chi connectivity index (χ4n) is 3.43. The molecule has 3 rings (SSSR count). The van der Waals surface area contributed by atoms with Gasteiger partial charge < -0.3 is 10.6 Å². The molecule has 0 aliphatic carbocycles. The maximum atomic E-state index is 4.42. The van der Waals surface area contributed by atoms with Gasteiger partial charge in [-0.05, 0) is 48.2 Å². The predicted molar refractivity (Wildman–Crippen MR) is 89.8 cm³/mol. The molecule has 0 bridgehead atoms. The van der Waals surface area contributed by atoms with Crippen LogP contribution in [-0.2, 0) is 0 Å². The van der Waals surface area contributed by atoms with Crippen LogP contribution >= 0.6 is 15.9 Å². The lowest BCUT2D eigenvalue weighted by Gasteiger charge is -2.32. The molecule has 3 heterocycles. The van der Waals surface area contributed by atoms with Gasteiger partial charge in [-0.25, -0.2) is 9.97 Å². The van der Waals surface area contributed by atoms with E-state index >= 15 is 0 Å². The molecule has 2 atom stereocenters. The van der Waals surface area contributed by atoms with Gasteiger partial charge in [-0.3, -0.25) is 4.90 Å². The van der Waals surface area contributed by atoms with E-state index in [1.54, 1.807) is 6.33 Å². The zero-order valence-electron chi connectivity index (χ0n) is 12.6. The standard InChI is InChI=1S/C15H24BrN5/c1-2-7-17-14-13(16)15(19-10-18-14)20-11-6-9-21-8-4-3-5-12(11)21/h10-12H,2-9H2,1H3,(H2,17,18,19,20). The minimum absolute atomic E-state index is 0.510. The summed E-state index contributed by atoms with van der Waals surface area (Å²) in [7, 11) is 0. The Morgan fingerprint density at radius 1 is 1.24 bits per heavy atom. The molecule has 5 nitrogen and oxygen atoms in total. The van der Waals surface area contributed by atoms with E-state index in [0.29, 0.717) is 12.1 Å². The van der Waals surface area contributed by atoms with Crippen molar-refractivity contribution in [3.05, 3.63) is 10.8 Å². The van der Waals surface area contributed by atoms with Gasteiger partial charge in [-0.15, -0.1) is 0 Å². The SMILES string of the molecule is CCCNc1ncnc(NC2CCN3CCCCC23)c1Br.